The summed E-state index contributed by atoms with van der Waals surface area (Å²) in [7, 11) is 2.31. The van der Waals surface area contributed by atoms with Crippen LogP contribution < -0.4 is 10.6 Å². The number of rotatable bonds is 3. The summed E-state index contributed by atoms with van der Waals surface area (Å²) in [6, 6.07) is 56.8. The minimum Gasteiger partial charge on any atom is -0.300 e. The van der Waals surface area contributed by atoms with Crippen LogP contribution in [0.1, 0.15) is 40.5 Å². The maximum absolute atomic E-state index is 12.6. The van der Waals surface area contributed by atoms with Crippen LogP contribution in [-0.2, 0) is 4.79 Å². The summed E-state index contributed by atoms with van der Waals surface area (Å²) in [5.74, 6) is 0.404. The first-order chi connectivity index (χ1) is 25.1. The number of hydrogen-bond donors (Lipinski definition) is 0. The molecule has 8 aromatic rings. The zero-order valence-corrected chi connectivity index (χ0v) is 32.4. The van der Waals surface area contributed by atoms with E-state index in [0.29, 0.717) is 18.6 Å². The van der Waals surface area contributed by atoms with Crippen molar-refractivity contribution in [3.63, 3.8) is 0 Å². The molecule has 0 saturated carbocycles. The lowest BCUT2D eigenvalue weighted by Gasteiger charge is -2.50. The molecule has 1 saturated heterocycles. The average Bonchev–Trinajstić information content (AvgIpc) is 3.13. The SMILES string of the molecule is CC1(C)CC(=O)CC(C)(C)P1c1ccc2ccccc2c1-c1cccc2ccccc12.Pc1ccc2ccccc2c1-c1cccc2ccccc12. The van der Waals surface area contributed by atoms with E-state index in [0.717, 1.165) is 0 Å². The number of benzene rings is 8. The lowest BCUT2D eigenvalue weighted by atomic mass is 9.93. The Balaban J connectivity index is 0.000000160. The van der Waals surface area contributed by atoms with Gasteiger partial charge in [-0.15, -0.1) is 9.24 Å². The van der Waals surface area contributed by atoms with Gasteiger partial charge in [0.25, 0.3) is 0 Å². The van der Waals surface area contributed by atoms with Crippen LogP contribution in [0.2, 0.25) is 0 Å². The molecule has 0 spiro atoms. The fourth-order valence-corrected chi connectivity index (χ4v) is 13.6. The molecule has 0 aromatic heterocycles. The fraction of sp³-hybridized carbons (Fsp3) is 0.163. The second-order valence-corrected chi connectivity index (χ2v) is 19.5. The Hall–Kier alpha value is -4.67. The maximum atomic E-state index is 12.6. The van der Waals surface area contributed by atoms with Crippen molar-refractivity contribution >= 4 is 76.6 Å². The predicted octanol–water partition coefficient (Wildman–Crippen LogP) is 12.8. The molecule has 0 radical (unpaired) electrons. The fourth-order valence-electron chi connectivity index (χ4n) is 8.86. The van der Waals surface area contributed by atoms with Crippen LogP contribution in [0.15, 0.2) is 158 Å². The van der Waals surface area contributed by atoms with Gasteiger partial charge in [0.15, 0.2) is 0 Å². The van der Waals surface area contributed by atoms with Gasteiger partial charge >= 0.3 is 0 Å². The quantitative estimate of drug-likeness (QED) is 0.167. The van der Waals surface area contributed by atoms with E-state index in [-0.39, 0.29) is 10.3 Å². The predicted molar refractivity (Wildman–Crippen MR) is 232 cm³/mol. The van der Waals surface area contributed by atoms with Crippen molar-refractivity contribution in [3.8, 4) is 22.3 Å². The molecule has 0 aliphatic carbocycles. The largest absolute Gasteiger partial charge is 0.300 e. The molecular weight excluding hydrogens is 666 g/mol. The first-order valence-electron chi connectivity index (χ1n) is 18.2. The van der Waals surface area contributed by atoms with E-state index in [9.17, 15) is 4.79 Å². The Morgan fingerprint density at radius 3 is 1.35 bits per heavy atom. The molecule has 1 aliphatic rings. The molecule has 1 atom stereocenters. The smallest absolute Gasteiger partial charge is 0.134 e. The van der Waals surface area contributed by atoms with E-state index in [1.54, 1.807) is 0 Å². The number of carbonyl (C=O) groups is 1. The highest BCUT2D eigenvalue weighted by Crippen LogP contribution is 2.65. The molecule has 9 rings (SSSR count). The van der Waals surface area contributed by atoms with E-state index in [1.165, 1.54) is 76.0 Å². The first-order valence-corrected chi connectivity index (χ1v) is 20.1. The minimum atomic E-state index is -0.574. The maximum Gasteiger partial charge on any atom is 0.134 e. The van der Waals surface area contributed by atoms with Gasteiger partial charge in [0, 0.05) is 12.8 Å². The summed E-state index contributed by atoms with van der Waals surface area (Å²) < 4.78 is 0. The number of carbonyl (C=O) groups excluding carboxylic acids is 1. The Kier molecular flexibility index (Phi) is 9.07. The minimum absolute atomic E-state index is 0.0318. The molecule has 1 heterocycles. The van der Waals surface area contributed by atoms with E-state index in [4.69, 9.17) is 0 Å². The van der Waals surface area contributed by atoms with E-state index in [1.807, 2.05) is 0 Å². The van der Waals surface area contributed by atoms with Gasteiger partial charge in [-0.25, -0.2) is 0 Å². The third kappa shape index (κ3) is 6.26. The molecule has 256 valence electrons. The molecule has 0 bridgehead atoms. The van der Waals surface area contributed by atoms with Crippen molar-refractivity contribution < 1.29 is 4.79 Å². The van der Waals surface area contributed by atoms with Crippen LogP contribution in [0.4, 0.5) is 0 Å². The highest BCUT2D eigenvalue weighted by molar-refractivity contribution is 7.69. The molecule has 0 amide bonds. The van der Waals surface area contributed by atoms with E-state index >= 15 is 0 Å². The highest BCUT2D eigenvalue weighted by Gasteiger charge is 2.48. The standard InChI is InChI=1S/C29H29OP.C20H15P/c1-28(2)18-22(30)19-29(3,4)31(28)26-17-16-21-11-6-8-14-24(21)27(26)25-15-9-12-20-10-5-7-13-23(20)25;21-19-13-12-15-7-2-4-10-17(15)20(19)18-11-5-8-14-6-1-3-9-16(14)18/h5-17H,18-19H2,1-4H3;1-13H,21H2. The molecule has 8 aromatic carbocycles. The van der Waals surface area contributed by atoms with Gasteiger partial charge in [0.1, 0.15) is 5.78 Å². The van der Waals surface area contributed by atoms with Crippen LogP contribution in [0, 0.1) is 0 Å². The Bertz CT molecular complexity index is 2600. The average molecular weight is 711 g/mol. The van der Waals surface area contributed by atoms with Gasteiger partial charge < -0.3 is 0 Å². The van der Waals surface area contributed by atoms with Crippen molar-refractivity contribution in [2.75, 3.05) is 0 Å². The molecule has 1 aliphatic heterocycles. The van der Waals surface area contributed by atoms with Gasteiger partial charge in [0.05, 0.1) is 0 Å². The van der Waals surface area contributed by atoms with Gasteiger partial charge in [0.2, 0.25) is 0 Å². The summed E-state index contributed by atoms with van der Waals surface area (Å²) in [6.07, 6.45) is 1.34. The summed E-state index contributed by atoms with van der Waals surface area (Å²) in [5.41, 5.74) is 5.28. The third-order valence-corrected chi connectivity index (χ3v) is 14.8. The van der Waals surface area contributed by atoms with Gasteiger partial charge in [-0.1, -0.05) is 193 Å². The second-order valence-electron chi connectivity index (χ2n) is 15.3. The molecular formula is C49H44OP2. The van der Waals surface area contributed by atoms with Crippen LogP contribution in [0.25, 0.3) is 65.3 Å². The molecule has 1 unspecified atom stereocenters. The normalized spacial score (nSPS) is 15.5. The summed E-state index contributed by atoms with van der Waals surface area (Å²) in [4.78, 5) is 12.6. The van der Waals surface area contributed by atoms with Crippen molar-refractivity contribution in [3.05, 3.63) is 158 Å². The number of ketones is 1. The lowest BCUT2D eigenvalue weighted by Crippen LogP contribution is -2.43. The van der Waals surface area contributed by atoms with Crippen LogP contribution in [-0.4, -0.2) is 16.1 Å². The summed E-state index contributed by atoms with van der Waals surface area (Å²) in [6.45, 7) is 9.22. The van der Waals surface area contributed by atoms with Crippen molar-refractivity contribution in [1.82, 2.24) is 0 Å². The summed E-state index contributed by atoms with van der Waals surface area (Å²) >= 11 is 0. The van der Waals surface area contributed by atoms with Crippen molar-refractivity contribution in [2.45, 2.75) is 50.8 Å². The Morgan fingerprint density at radius 2 is 0.827 bits per heavy atom. The zero-order valence-electron chi connectivity index (χ0n) is 30.4. The molecule has 1 fully saturated rings. The monoisotopic (exact) mass is 710 g/mol. The highest BCUT2D eigenvalue weighted by atomic mass is 31.1. The van der Waals surface area contributed by atoms with Crippen molar-refractivity contribution in [1.29, 1.82) is 0 Å². The third-order valence-electron chi connectivity index (χ3n) is 10.7. The van der Waals surface area contributed by atoms with Gasteiger partial charge in [-0.2, -0.15) is 0 Å². The molecule has 1 nitrogen and oxygen atoms in total. The van der Waals surface area contributed by atoms with Gasteiger partial charge in [-0.3, -0.25) is 4.79 Å². The van der Waals surface area contributed by atoms with Crippen LogP contribution in [0.5, 0.6) is 0 Å². The zero-order chi connectivity index (χ0) is 36.0. The number of Topliss-reactive ketones (excluding diaryl/α,β-unsaturated/α-hetero) is 1. The second kappa shape index (κ2) is 13.7. The Labute approximate surface area is 311 Å². The molecule has 0 N–H and O–H groups in total. The summed E-state index contributed by atoms with van der Waals surface area (Å²) in [5, 5.41) is 12.9. The number of hydrogen-bond acceptors (Lipinski definition) is 1. The van der Waals surface area contributed by atoms with Crippen LogP contribution >= 0.6 is 17.2 Å². The number of fused-ring (bicyclic) bond motifs is 4. The van der Waals surface area contributed by atoms with Crippen LogP contribution in [0.3, 0.4) is 0 Å². The van der Waals surface area contributed by atoms with Gasteiger partial charge in [-0.05, 0) is 86.3 Å². The van der Waals surface area contributed by atoms with E-state index < -0.39 is 7.92 Å². The van der Waals surface area contributed by atoms with E-state index in [2.05, 4.69) is 195 Å². The van der Waals surface area contributed by atoms with Crippen molar-refractivity contribution in [2.24, 2.45) is 0 Å². The Morgan fingerprint density at radius 1 is 0.442 bits per heavy atom. The lowest BCUT2D eigenvalue weighted by molar-refractivity contribution is -0.120. The molecule has 3 heteroatoms. The first kappa shape index (κ1) is 34.4. The molecule has 52 heavy (non-hydrogen) atoms. The topological polar surface area (TPSA) is 17.1 Å².